The van der Waals surface area contributed by atoms with E-state index in [4.69, 9.17) is 11.6 Å². The number of para-hydroxylation sites is 1. The van der Waals surface area contributed by atoms with Crippen molar-refractivity contribution in [1.82, 2.24) is 10.2 Å². The van der Waals surface area contributed by atoms with Gasteiger partial charge in [0.25, 0.3) is 5.69 Å². The Balaban J connectivity index is 2.27. The molecular formula is C21H24ClN3O4. The average molecular weight is 418 g/mol. The van der Waals surface area contributed by atoms with Crippen LogP contribution < -0.4 is 5.32 Å². The van der Waals surface area contributed by atoms with Gasteiger partial charge in [-0.1, -0.05) is 48.9 Å². The van der Waals surface area contributed by atoms with Crippen molar-refractivity contribution in [3.63, 3.8) is 0 Å². The minimum absolute atomic E-state index is 0.115. The zero-order valence-corrected chi connectivity index (χ0v) is 17.2. The van der Waals surface area contributed by atoms with E-state index in [-0.39, 0.29) is 30.5 Å². The number of rotatable bonds is 9. The Bertz CT molecular complexity index is 870. The fourth-order valence-electron chi connectivity index (χ4n) is 2.87. The predicted octanol–water partition coefficient (Wildman–Crippen LogP) is 3.73. The molecule has 0 aliphatic rings. The lowest BCUT2D eigenvalue weighted by molar-refractivity contribution is -0.385. The Morgan fingerprint density at radius 3 is 2.45 bits per heavy atom. The third kappa shape index (κ3) is 6.29. The lowest BCUT2D eigenvalue weighted by atomic mass is 10.1. The van der Waals surface area contributed by atoms with Crippen molar-refractivity contribution in [1.29, 1.82) is 0 Å². The van der Waals surface area contributed by atoms with Gasteiger partial charge in [-0.3, -0.25) is 19.7 Å². The molecular weight excluding hydrogens is 394 g/mol. The van der Waals surface area contributed by atoms with Gasteiger partial charge in [-0.05, 0) is 31.0 Å². The molecule has 0 fully saturated rings. The molecule has 8 heteroatoms. The third-order valence-electron chi connectivity index (χ3n) is 4.51. The summed E-state index contributed by atoms with van der Waals surface area (Å²) >= 11 is 5.93. The van der Waals surface area contributed by atoms with Crippen LogP contribution in [0.25, 0.3) is 0 Å². The summed E-state index contributed by atoms with van der Waals surface area (Å²) in [6.45, 7) is 4.29. The first-order chi connectivity index (χ1) is 13.8. The molecule has 1 N–H and O–H groups in total. The fraction of sp³-hybridized carbons (Fsp3) is 0.333. The van der Waals surface area contributed by atoms with Gasteiger partial charge in [-0.15, -0.1) is 0 Å². The molecule has 2 aromatic rings. The van der Waals surface area contributed by atoms with Crippen LogP contribution in [0.3, 0.4) is 0 Å². The Morgan fingerprint density at radius 1 is 1.17 bits per heavy atom. The standard InChI is InChI=1S/C21H24ClN3O4/c1-3-12-23-21(27)15(2)24(14-16-8-10-18(22)11-9-16)20(26)13-17-6-4-5-7-19(17)25(28)29/h4-11,15H,3,12-14H2,1-2H3,(H,23,27)/t15-/m1/s1. The summed E-state index contributed by atoms with van der Waals surface area (Å²) < 4.78 is 0. The number of halogens is 1. The Hall–Kier alpha value is -2.93. The van der Waals surface area contributed by atoms with E-state index >= 15 is 0 Å². The van der Waals surface area contributed by atoms with E-state index in [0.29, 0.717) is 17.1 Å². The summed E-state index contributed by atoms with van der Waals surface area (Å²) in [5.41, 5.74) is 1.00. The molecule has 0 aromatic heterocycles. The minimum atomic E-state index is -0.729. The van der Waals surface area contributed by atoms with Crippen LogP contribution in [-0.4, -0.2) is 34.2 Å². The van der Waals surface area contributed by atoms with E-state index in [0.717, 1.165) is 12.0 Å². The molecule has 0 radical (unpaired) electrons. The van der Waals surface area contributed by atoms with Crippen LogP contribution in [0.2, 0.25) is 5.02 Å². The molecule has 7 nitrogen and oxygen atoms in total. The molecule has 1 atom stereocenters. The van der Waals surface area contributed by atoms with E-state index in [1.54, 1.807) is 49.4 Å². The van der Waals surface area contributed by atoms with Gasteiger partial charge >= 0.3 is 0 Å². The Morgan fingerprint density at radius 2 is 1.83 bits per heavy atom. The smallest absolute Gasteiger partial charge is 0.273 e. The molecule has 0 unspecified atom stereocenters. The molecule has 2 rings (SSSR count). The molecule has 0 heterocycles. The number of benzene rings is 2. The molecule has 0 aliphatic heterocycles. The first-order valence-corrected chi connectivity index (χ1v) is 9.75. The van der Waals surface area contributed by atoms with Crippen molar-refractivity contribution in [2.24, 2.45) is 0 Å². The van der Waals surface area contributed by atoms with E-state index in [9.17, 15) is 19.7 Å². The highest BCUT2D eigenvalue weighted by Gasteiger charge is 2.27. The number of nitro benzene ring substituents is 1. The van der Waals surface area contributed by atoms with E-state index in [2.05, 4.69) is 5.32 Å². The van der Waals surface area contributed by atoms with Crippen molar-refractivity contribution >= 4 is 29.1 Å². The Kier molecular flexibility index (Phi) is 8.15. The van der Waals surface area contributed by atoms with E-state index in [1.165, 1.54) is 11.0 Å². The van der Waals surface area contributed by atoms with Crippen LogP contribution in [0.4, 0.5) is 5.69 Å². The number of carbonyl (C=O) groups is 2. The van der Waals surface area contributed by atoms with Gasteiger partial charge in [0, 0.05) is 29.7 Å². The number of hydrogen-bond acceptors (Lipinski definition) is 4. The summed E-state index contributed by atoms with van der Waals surface area (Å²) in [5, 5.41) is 14.6. The lowest BCUT2D eigenvalue weighted by Gasteiger charge is -2.29. The maximum atomic E-state index is 13.1. The van der Waals surface area contributed by atoms with Crippen LogP contribution in [0, 0.1) is 10.1 Å². The second-order valence-corrected chi connectivity index (χ2v) is 7.11. The van der Waals surface area contributed by atoms with Gasteiger partial charge in [-0.2, -0.15) is 0 Å². The summed E-state index contributed by atoms with van der Waals surface area (Å²) in [7, 11) is 0. The fourth-order valence-corrected chi connectivity index (χ4v) is 2.99. The molecule has 0 saturated heterocycles. The molecule has 2 amide bonds. The lowest BCUT2D eigenvalue weighted by Crippen LogP contribution is -2.48. The number of amides is 2. The van der Waals surface area contributed by atoms with Gasteiger partial charge < -0.3 is 10.2 Å². The highest BCUT2D eigenvalue weighted by molar-refractivity contribution is 6.30. The zero-order valence-electron chi connectivity index (χ0n) is 16.4. The maximum absolute atomic E-state index is 13.1. The van der Waals surface area contributed by atoms with Crippen molar-refractivity contribution in [2.45, 2.75) is 39.3 Å². The Labute approximate surface area is 174 Å². The summed E-state index contributed by atoms with van der Waals surface area (Å²) in [4.78, 5) is 37.7. The molecule has 154 valence electrons. The second kappa shape index (κ2) is 10.6. The SMILES string of the molecule is CCCNC(=O)[C@@H](C)N(Cc1ccc(Cl)cc1)C(=O)Cc1ccccc1[N+](=O)[O-]. The van der Waals surface area contributed by atoms with Crippen LogP contribution in [0.1, 0.15) is 31.4 Å². The first-order valence-electron chi connectivity index (χ1n) is 9.37. The van der Waals surface area contributed by atoms with Crippen LogP contribution in [-0.2, 0) is 22.6 Å². The monoisotopic (exact) mass is 417 g/mol. The quantitative estimate of drug-likeness (QED) is 0.497. The molecule has 0 bridgehead atoms. The minimum Gasteiger partial charge on any atom is -0.354 e. The van der Waals surface area contributed by atoms with Crippen LogP contribution in [0.5, 0.6) is 0 Å². The molecule has 2 aromatic carbocycles. The number of nitro groups is 1. The summed E-state index contributed by atoms with van der Waals surface area (Å²) in [5.74, 6) is -0.634. The normalized spacial score (nSPS) is 11.6. The van der Waals surface area contributed by atoms with Crippen molar-refractivity contribution in [2.75, 3.05) is 6.54 Å². The number of carbonyl (C=O) groups excluding carboxylic acids is 2. The molecule has 0 spiro atoms. The maximum Gasteiger partial charge on any atom is 0.273 e. The van der Waals surface area contributed by atoms with Crippen molar-refractivity contribution in [3.8, 4) is 0 Å². The van der Waals surface area contributed by atoms with E-state index in [1.807, 2.05) is 6.92 Å². The topological polar surface area (TPSA) is 92.6 Å². The van der Waals surface area contributed by atoms with Crippen molar-refractivity contribution in [3.05, 3.63) is 74.8 Å². The highest BCUT2D eigenvalue weighted by atomic mass is 35.5. The zero-order chi connectivity index (χ0) is 21.4. The average Bonchev–Trinajstić information content (AvgIpc) is 2.71. The van der Waals surface area contributed by atoms with Gasteiger partial charge in [0.1, 0.15) is 6.04 Å². The molecule has 0 aliphatic carbocycles. The number of nitrogens with zero attached hydrogens (tertiary/aromatic N) is 2. The van der Waals surface area contributed by atoms with Crippen LogP contribution in [0.15, 0.2) is 48.5 Å². The third-order valence-corrected chi connectivity index (χ3v) is 4.76. The van der Waals surface area contributed by atoms with Gasteiger partial charge in [0.15, 0.2) is 0 Å². The molecule has 0 saturated carbocycles. The molecule has 29 heavy (non-hydrogen) atoms. The van der Waals surface area contributed by atoms with Crippen LogP contribution >= 0.6 is 11.6 Å². The second-order valence-electron chi connectivity index (χ2n) is 6.68. The predicted molar refractivity (Wildman–Crippen MR) is 112 cm³/mol. The first kappa shape index (κ1) is 22.4. The summed E-state index contributed by atoms with van der Waals surface area (Å²) in [6.07, 6.45) is 0.607. The van der Waals surface area contributed by atoms with E-state index < -0.39 is 11.0 Å². The largest absolute Gasteiger partial charge is 0.354 e. The van der Waals surface area contributed by atoms with Gasteiger partial charge in [0.2, 0.25) is 11.8 Å². The van der Waals surface area contributed by atoms with Crippen molar-refractivity contribution < 1.29 is 14.5 Å². The number of nitrogens with one attached hydrogen (secondary N) is 1. The van der Waals surface area contributed by atoms with Gasteiger partial charge in [-0.25, -0.2) is 0 Å². The summed E-state index contributed by atoms with van der Waals surface area (Å²) in [6, 6.07) is 12.4. The number of hydrogen-bond donors (Lipinski definition) is 1. The van der Waals surface area contributed by atoms with Gasteiger partial charge in [0.05, 0.1) is 11.3 Å². The highest BCUT2D eigenvalue weighted by Crippen LogP contribution is 2.20.